The number of hydrogen-bond acceptors (Lipinski definition) is 3. The predicted octanol–water partition coefficient (Wildman–Crippen LogP) is 4.93. The molecule has 1 amide bonds. The number of nitrogens with one attached hydrogen (secondary N) is 2. The van der Waals surface area contributed by atoms with E-state index >= 15 is 0 Å². The largest absolute Gasteiger partial charge is 0.394 e. The number of aliphatic imine (C=N–C) groups is 2. The van der Waals surface area contributed by atoms with Crippen LogP contribution in [-0.2, 0) is 4.79 Å². The third-order valence-electron chi connectivity index (χ3n) is 5.24. The van der Waals surface area contributed by atoms with Gasteiger partial charge in [0.05, 0.1) is 34.7 Å². The maximum atomic E-state index is 13.6. The van der Waals surface area contributed by atoms with Gasteiger partial charge in [0.25, 0.3) is 0 Å². The van der Waals surface area contributed by atoms with E-state index in [1.165, 1.54) is 12.3 Å². The molecule has 3 N–H and O–H groups in total. The van der Waals surface area contributed by atoms with E-state index in [1.807, 2.05) is 19.1 Å². The number of rotatable bonds is 12. The van der Waals surface area contributed by atoms with Gasteiger partial charge in [0.2, 0.25) is 11.9 Å². The number of amidine groups is 1. The molecule has 0 saturated carbocycles. The number of guanidine groups is 1. The number of carbonyl (C=O) groups is 1. The highest BCUT2D eigenvalue weighted by Crippen LogP contribution is 2.18. The number of halogens is 3. The van der Waals surface area contributed by atoms with Crippen LogP contribution in [0.25, 0.3) is 0 Å². The molecule has 10 heteroatoms. The van der Waals surface area contributed by atoms with Gasteiger partial charge in [-0.25, -0.2) is 9.38 Å². The Labute approximate surface area is 223 Å². The molecule has 0 aliphatic carbocycles. The summed E-state index contributed by atoms with van der Waals surface area (Å²) in [5, 5.41) is 15.3. The van der Waals surface area contributed by atoms with Crippen molar-refractivity contribution in [2.75, 3.05) is 13.2 Å². The molecule has 1 aliphatic heterocycles. The quantitative estimate of drug-likeness (QED) is 0.108. The minimum Gasteiger partial charge on any atom is -0.394 e. The molecule has 1 rings (SSSR count). The van der Waals surface area contributed by atoms with Crippen molar-refractivity contribution < 1.29 is 14.3 Å². The Morgan fingerprint density at radius 2 is 2.11 bits per heavy atom. The second-order valence-corrected chi connectivity index (χ2v) is 9.05. The molecule has 1 unspecified atom stereocenters. The zero-order chi connectivity index (χ0) is 27.3. The van der Waals surface area contributed by atoms with E-state index < -0.39 is 18.1 Å². The minimum absolute atomic E-state index is 0.123. The van der Waals surface area contributed by atoms with Crippen molar-refractivity contribution in [2.24, 2.45) is 15.9 Å². The zero-order valence-corrected chi connectivity index (χ0v) is 22.6. The molecule has 0 bridgehead atoms. The Kier molecular flexibility index (Phi) is 14.1. The molecule has 1 aliphatic rings. The van der Waals surface area contributed by atoms with Gasteiger partial charge in [-0.15, -0.1) is 11.6 Å². The first-order valence-corrected chi connectivity index (χ1v) is 12.4. The van der Waals surface area contributed by atoms with E-state index in [0.717, 1.165) is 0 Å². The summed E-state index contributed by atoms with van der Waals surface area (Å²) in [6.45, 7) is 16.7. The van der Waals surface area contributed by atoms with Crippen molar-refractivity contribution in [2.45, 2.75) is 51.2 Å². The monoisotopic (exact) mass is 539 g/mol. The van der Waals surface area contributed by atoms with Crippen molar-refractivity contribution in [3.8, 4) is 0 Å². The summed E-state index contributed by atoms with van der Waals surface area (Å²) < 4.78 is 13.6. The number of alkyl halides is 2. The van der Waals surface area contributed by atoms with Gasteiger partial charge < -0.3 is 20.6 Å². The second kappa shape index (κ2) is 16.1. The average Bonchev–Trinajstić information content (AvgIpc) is 3.33. The zero-order valence-electron chi connectivity index (χ0n) is 21.1. The standard InChI is InChI=1S/C26H36Cl2FN5O2/c1-7-10-21(27)13-17(4)24(16-35)33-25(36)20-11-12-34(15-20)19(6)32-26(30-9-3)31-18(5)23(28)14-22(29)8-2/h7,9-12,14,20-22,24,35H,3-5,8,13,15-16H2,1-2,6H3,(H,30,31)(H,33,36)/b10-7-,23-14+,32-19+/t20-,21-,22+,24?/m0/s1. The Morgan fingerprint density at radius 1 is 1.42 bits per heavy atom. The van der Waals surface area contributed by atoms with E-state index in [9.17, 15) is 14.3 Å². The van der Waals surface area contributed by atoms with Crippen molar-refractivity contribution in [1.82, 2.24) is 15.5 Å². The molecule has 4 atom stereocenters. The normalized spacial score (nSPS) is 19.2. The van der Waals surface area contributed by atoms with Crippen LogP contribution in [-0.4, -0.2) is 58.5 Å². The number of allylic oxidation sites excluding steroid dienone is 4. The van der Waals surface area contributed by atoms with E-state index in [2.05, 4.69) is 40.4 Å². The van der Waals surface area contributed by atoms with Gasteiger partial charge in [-0.05, 0) is 32.8 Å². The fourth-order valence-corrected chi connectivity index (χ4v) is 3.67. The fourth-order valence-electron chi connectivity index (χ4n) is 3.14. The lowest BCUT2D eigenvalue weighted by Crippen LogP contribution is -2.43. The minimum atomic E-state index is -1.19. The van der Waals surface area contributed by atoms with Crippen molar-refractivity contribution in [1.29, 1.82) is 0 Å². The molecule has 36 heavy (non-hydrogen) atoms. The van der Waals surface area contributed by atoms with Gasteiger partial charge in [0.1, 0.15) is 12.0 Å². The number of aliphatic hydroxyl groups is 1. The van der Waals surface area contributed by atoms with Crippen molar-refractivity contribution in [3.63, 3.8) is 0 Å². The molecule has 0 aromatic heterocycles. The number of hydrogen-bond donors (Lipinski definition) is 3. The van der Waals surface area contributed by atoms with Crippen LogP contribution >= 0.6 is 23.2 Å². The Balaban J connectivity index is 2.81. The number of amides is 1. The smallest absolute Gasteiger partial charge is 0.229 e. The molecule has 0 aromatic rings. The highest BCUT2D eigenvalue weighted by molar-refractivity contribution is 6.32. The predicted molar refractivity (Wildman–Crippen MR) is 149 cm³/mol. The first kappa shape index (κ1) is 31.4. The molecule has 0 saturated heterocycles. The Morgan fingerprint density at radius 3 is 2.69 bits per heavy atom. The topological polar surface area (TPSA) is 89.3 Å². The summed E-state index contributed by atoms with van der Waals surface area (Å²) >= 11 is 12.3. The summed E-state index contributed by atoms with van der Waals surface area (Å²) in [4.78, 5) is 23.1. The van der Waals surface area contributed by atoms with Crippen LogP contribution in [0.4, 0.5) is 4.39 Å². The molecular formula is C26H36Cl2FN5O2. The maximum Gasteiger partial charge on any atom is 0.229 e. The van der Waals surface area contributed by atoms with Crippen LogP contribution in [0.1, 0.15) is 33.6 Å². The number of carbonyl (C=O) groups excluding carboxylic acids is 1. The van der Waals surface area contributed by atoms with Crippen LogP contribution in [0.2, 0.25) is 0 Å². The fraction of sp³-hybridized carbons (Fsp3) is 0.423. The van der Waals surface area contributed by atoms with Crippen LogP contribution in [0, 0.1) is 5.92 Å². The SMILES string of the molecule is C=C/N=C(\N=C(/C)N1C=C[C@H](C(=O)NC(CO)C(=C)C[C@@H](Cl)/C=C\C)C1)NC(=C)/C(Cl)=C\[C@H](F)CC. The van der Waals surface area contributed by atoms with E-state index in [4.69, 9.17) is 23.2 Å². The highest BCUT2D eigenvalue weighted by atomic mass is 35.5. The van der Waals surface area contributed by atoms with Crippen LogP contribution in [0.5, 0.6) is 0 Å². The molecular weight excluding hydrogens is 504 g/mol. The summed E-state index contributed by atoms with van der Waals surface area (Å²) in [5.74, 6) is -0.0198. The van der Waals surface area contributed by atoms with Crippen LogP contribution in [0.15, 0.2) is 82.7 Å². The molecule has 1 heterocycles. The van der Waals surface area contributed by atoms with Crippen molar-refractivity contribution >= 4 is 40.9 Å². The average molecular weight is 541 g/mol. The first-order valence-electron chi connectivity index (χ1n) is 11.6. The molecule has 0 spiro atoms. The molecule has 198 valence electrons. The lowest BCUT2D eigenvalue weighted by atomic mass is 10.0. The second-order valence-electron chi connectivity index (χ2n) is 8.08. The van der Waals surface area contributed by atoms with Crippen LogP contribution in [0.3, 0.4) is 0 Å². The van der Waals surface area contributed by atoms with Gasteiger partial charge in [-0.3, -0.25) is 4.79 Å². The molecule has 7 nitrogen and oxygen atoms in total. The summed E-state index contributed by atoms with van der Waals surface area (Å²) in [6, 6.07) is -0.600. The van der Waals surface area contributed by atoms with E-state index in [1.54, 1.807) is 31.0 Å². The molecule has 0 aromatic carbocycles. The Hall–Kier alpha value is -2.68. The van der Waals surface area contributed by atoms with Crippen molar-refractivity contribution in [3.05, 3.63) is 72.7 Å². The molecule has 0 fully saturated rings. The molecule has 0 radical (unpaired) electrons. The maximum absolute atomic E-state index is 13.6. The number of aliphatic hydroxyl groups excluding tert-OH is 1. The van der Waals surface area contributed by atoms with Gasteiger partial charge in [0.15, 0.2) is 0 Å². The summed E-state index contributed by atoms with van der Waals surface area (Å²) in [6.07, 6.45) is 9.25. The van der Waals surface area contributed by atoms with Gasteiger partial charge in [-0.2, -0.15) is 4.99 Å². The van der Waals surface area contributed by atoms with E-state index in [0.29, 0.717) is 30.8 Å². The highest BCUT2D eigenvalue weighted by Gasteiger charge is 2.27. The number of nitrogens with zero attached hydrogens (tertiary/aromatic N) is 3. The lowest BCUT2D eigenvalue weighted by molar-refractivity contribution is -0.124. The van der Waals surface area contributed by atoms with Crippen LogP contribution < -0.4 is 10.6 Å². The third-order valence-corrected chi connectivity index (χ3v) is 5.90. The summed E-state index contributed by atoms with van der Waals surface area (Å²) in [7, 11) is 0. The van der Waals surface area contributed by atoms with Gasteiger partial charge in [0, 0.05) is 18.9 Å². The Bertz CT molecular complexity index is 958. The third kappa shape index (κ3) is 10.5. The van der Waals surface area contributed by atoms with Gasteiger partial charge in [-0.1, -0.05) is 62.1 Å². The first-order chi connectivity index (χ1) is 17.1. The summed E-state index contributed by atoms with van der Waals surface area (Å²) in [5.41, 5.74) is 0.880. The van der Waals surface area contributed by atoms with Gasteiger partial charge >= 0.3 is 0 Å². The lowest BCUT2D eigenvalue weighted by Gasteiger charge is -2.23. The van der Waals surface area contributed by atoms with E-state index in [-0.39, 0.29) is 34.6 Å².